The predicted molar refractivity (Wildman–Crippen MR) is 71.7 cm³/mol. The van der Waals surface area contributed by atoms with E-state index in [1.165, 1.54) is 25.4 Å². The lowest BCUT2D eigenvalue weighted by Crippen LogP contribution is -2.08. The highest BCUT2D eigenvalue weighted by molar-refractivity contribution is 6.30. The number of halogens is 3. The Bertz CT molecular complexity index is 594. The first-order valence-electron chi connectivity index (χ1n) is 5.96. The number of aromatic nitrogens is 2. The average Bonchev–Trinajstić information content (AvgIpc) is 2.93. The van der Waals surface area contributed by atoms with Gasteiger partial charge < -0.3 is 14.6 Å². The fraction of sp³-hybridized carbons (Fsp3) is 0.308. The number of alkyl halides is 2. The highest BCUT2D eigenvalue weighted by Crippen LogP contribution is 2.35. The molecule has 0 saturated heterocycles. The third-order valence-corrected chi connectivity index (χ3v) is 3.01. The van der Waals surface area contributed by atoms with Crippen molar-refractivity contribution in [1.29, 1.82) is 0 Å². The monoisotopic (exact) mass is 318 g/mol. The second kappa shape index (κ2) is 6.73. The minimum atomic E-state index is -2.70. The summed E-state index contributed by atoms with van der Waals surface area (Å²) in [6.07, 6.45) is 2.42. The highest BCUT2D eigenvalue weighted by atomic mass is 35.5. The van der Waals surface area contributed by atoms with Crippen molar-refractivity contribution in [3.8, 4) is 11.5 Å². The van der Waals surface area contributed by atoms with Crippen LogP contribution in [0.4, 0.5) is 8.78 Å². The van der Waals surface area contributed by atoms with Crippen LogP contribution in [0, 0.1) is 0 Å². The first-order valence-corrected chi connectivity index (χ1v) is 6.34. The van der Waals surface area contributed by atoms with E-state index in [1.807, 2.05) is 0 Å². The maximum atomic E-state index is 12.7. The SMILES string of the molecule is COc1cc(Cl)cc(CO)c1OCc1nccn1C(F)F. The van der Waals surface area contributed by atoms with Crippen molar-refractivity contribution in [3.05, 3.63) is 40.9 Å². The van der Waals surface area contributed by atoms with Crippen molar-refractivity contribution in [2.45, 2.75) is 19.8 Å². The van der Waals surface area contributed by atoms with Gasteiger partial charge in [-0.15, -0.1) is 0 Å². The molecule has 0 unspecified atom stereocenters. The van der Waals surface area contributed by atoms with Gasteiger partial charge in [0.05, 0.1) is 13.7 Å². The average molecular weight is 319 g/mol. The number of nitrogens with zero attached hydrogens (tertiary/aromatic N) is 2. The number of benzene rings is 1. The Morgan fingerprint density at radius 1 is 1.43 bits per heavy atom. The second-order valence-corrected chi connectivity index (χ2v) is 4.51. The van der Waals surface area contributed by atoms with E-state index in [1.54, 1.807) is 0 Å². The molecular formula is C13H13ClF2N2O3. The molecule has 0 spiro atoms. The van der Waals surface area contributed by atoms with Crippen molar-refractivity contribution in [1.82, 2.24) is 9.55 Å². The van der Waals surface area contributed by atoms with Crippen LogP contribution in [0.1, 0.15) is 17.9 Å². The van der Waals surface area contributed by atoms with Crippen LogP contribution in [-0.2, 0) is 13.2 Å². The minimum Gasteiger partial charge on any atom is -0.493 e. The lowest BCUT2D eigenvalue weighted by Gasteiger charge is -2.15. The van der Waals surface area contributed by atoms with Gasteiger partial charge in [0.15, 0.2) is 17.3 Å². The summed E-state index contributed by atoms with van der Waals surface area (Å²) in [5.41, 5.74) is 0.398. The van der Waals surface area contributed by atoms with Crippen LogP contribution in [0.2, 0.25) is 5.02 Å². The molecule has 21 heavy (non-hydrogen) atoms. The van der Waals surface area contributed by atoms with Crippen LogP contribution < -0.4 is 9.47 Å². The molecule has 0 aliphatic rings. The molecule has 5 nitrogen and oxygen atoms in total. The van der Waals surface area contributed by atoms with E-state index < -0.39 is 6.55 Å². The van der Waals surface area contributed by atoms with E-state index in [9.17, 15) is 13.9 Å². The predicted octanol–water partition coefficient (Wildman–Crippen LogP) is 3.01. The van der Waals surface area contributed by atoms with Gasteiger partial charge in [0.2, 0.25) is 0 Å². The second-order valence-electron chi connectivity index (χ2n) is 4.07. The molecule has 0 saturated carbocycles. The molecule has 0 bridgehead atoms. The largest absolute Gasteiger partial charge is 0.493 e. The zero-order valence-corrected chi connectivity index (χ0v) is 11.8. The molecule has 2 aromatic rings. The summed E-state index contributed by atoms with van der Waals surface area (Å²) in [6, 6.07) is 3.02. The summed E-state index contributed by atoms with van der Waals surface area (Å²) in [7, 11) is 1.42. The minimum absolute atomic E-state index is 0.0610. The standard InChI is InChI=1S/C13H13ClF2N2O3/c1-20-10-5-9(14)4-8(6-19)12(10)21-7-11-17-2-3-18(11)13(15)16/h2-5,13,19H,6-7H2,1H3. The van der Waals surface area contributed by atoms with Crippen LogP contribution in [0.3, 0.4) is 0 Å². The molecular weight excluding hydrogens is 306 g/mol. The van der Waals surface area contributed by atoms with Crippen molar-refractivity contribution in [3.63, 3.8) is 0 Å². The summed E-state index contributed by atoms with van der Waals surface area (Å²) in [5.74, 6) is 0.612. The van der Waals surface area contributed by atoms with Crippen LogP contribution in [0.15, 0.2) is 24.5 Å². The molecule has 0 aliphatic carbocycles. The molecule has 0 atom stereocenters. The third-order valence-electron chi connectivity index (χ3n) is 2.79. The van der Waals surface area contributed by atoms with Gasteiger partial charge in [0.1, 0.15) is 6.61 Å². The Balaban J connectivity index is 2.25. The fourth-order valence-electron chi connectivity index (χ4n) is 1.83. The van der Waals surface area contributed by atoms with Gasteiger partial charge in [-0.1, -0.05) is 11.6 Å². The first kappa shape index (κ1) is 15.5. The molecule has 0 aliphatic heterocycles. The normalized spacial score (nSPS) is 11.0. The van der Waals surface area contributed by atoms with Gasteiger partial charge in [-0.05, 0) is 6.07 Å². The number of imidazole rings is 1. The van der Waals surface area contributed by atoms with E-state index in [2.05, 4.69) is 4.98 Å². The molecule has 0 radical (unpaired) electrons. The fourth-order valence-corrected chi connectivity index (χ4v) is 2.06. The quantitative estimate of drug-likeness (QED) is 0.889. The zero-order valence-electron chi connectivity index (χ0n) is 11.1. The molecule has 114 valence electrons. The van der Waals surface area contributed by atoms with E-state index in [4.69, 9.17) is 21.1 Å². The Morgan fingerprint density at radius 2 is 2.19 bits per heavy atom. The Hall–Kier alpha value is -1.86. The first-order chi connectivity index (χ1) is 10.1. The Kier molecular flexibility index (Phi) is 4.98. The van der Waals surface area contributed by atoms with E-state index >= 15 is 0 Å². The maximum Gasteiger partial charge on any atom is 0.320 e. The van der Waals surface area contributed by atoms with Crippen LogP contribution in [0.5, 0.6) is 11.5 Å². The molecule has 0 amide bonds. The summed E-state index contributed by atoms with van der Waals surface area (Å²) >= 11 is 5.88. The van der Waals surface area contributed by atoms with Gasteiger partial charge in [0.25, 0.3) is 0 Å². The highest BCUT2D eigenvalue weighted by Gasteiger charge is 2.16. The van der Waals surface area contributed by atoms with E-state index in [0.717, 1.165) is 6.20 Å². The molecule has 1 heterocycles. The number of hydrogen-bond acceptors (Lipinski definition) is 4. The number of rotatable bonds is 6. The number of ether oxygens (including phenoxy) is 2. The van der Waals surface area contributed by atoms with Crippen molar-refractivity contribution in [2.75, 3.05) is 7.11 Å². The van der Waals surface area contributed by atoms with Gasteiger partial charge in [-0.3, -0.25) is 4.57 Å². The smallest absolute Gasteiger partial charge is 0.320 e. The maximum absolute atomic E-state index is 12.7. The van der Waals surface area contributed by atoms with E-state index in [-0.39, 0.29) is 24.8 Å². The number of aliphatic hydroxyl groups excluding tert-OH is 1. The molecule has 1 N–H and O–H groups in total. The lowest BCUT2D eigenvalue weighted by molar-refractivity contribution is 0.0630. The molecule has 1 aromatic carbocycles. The van der Waals surface area contributed by atoms with Crippen molar-refractivity contribution in [2.24, 2.45) is 0 Å². The molecule has 0 fully saturated rings. The van der Waals surface area contributed by atoms with Crippen LogP contribution in [-0.4, -0.2) is 21.8 Å². The van der Waals surface area contributed by atoms with Gasteiger partial charge in [0, 0.05) is 29.0 Å². The Labute approximate surface area is 124 Å². The topological polar surface area (TPSA) is 56.5 Å². The Morgan fingerprint density at radius 3 is 2.81 bits per heavy atom. The van der Waals surface area contributed by atoms with Gasteiger partial charge in [-0.25, -0.2) is 4.98 Å². The van der Waals surface area contributed by atoms with Crippen molar-refractivity contribution >= 4 is 11.6 Å². The lowest BCUT2D eigenvalue weighted by atomic mass is 10.2. The molecule has 2 rings (SSSR count). The van der Waals surface area contributed by atoms with Crippen LogP contribution >= 0.6 is 11.6 Å². The number of hydrogen-bond donors (Lipinski definition) is 1. The molecule has 1 aromatic heterocycles. The number of methoxy groups -OCH3 is 1. The van der Waals surface area contributed by atoms with Gasteiger partial charge in [-0.2, -0.15) is 8.78 Å². The summed E-state index contributed by atoms with van der Waals surface area (Å²) in [5, 5.41) is 9.70. The van der Waals surface area contributed by atoms with Crippen LogP contribution in [0.25, 0.3) is 0 Å². The number of aliphatic hydroxyl groups is 1. The van der Waals surface area contributed by atoms with E-state index in [0.29, 0.717) is 20.9 Å². The third kappa shape index (κ3) is 3.43. The van der Waals surface area contributed by atoms with Gasteiger partial charge >= 0.3 is 6.55 Å². The summed E-state index contributed by atoms with van der Waals surface area (Å²) in [6.45, 7) is -3.21. The van der Waals surface area contributed by atoms with Crippen molar-refractivity contribution < 1.29 is 23.4 Å². The summed E-state index contributed by atoms with van der Waals surface area (Å²) in [4.78, 5) is 3.81. The zero-order chi connectivity index (χ0) is 15.4. The summed E-state index contributed by atoms with van der Waals surface area (Å²) < 4.78 is 36.7. The molecule has 8 heteroatoms.